The molecule has 0 saturated carbocycles. The number of anilines is 1. The third-order valence-electron chi connectivity index (χ3n) is 3.19. The zero-order valence-electron chi connectivity index (χ0n) is 11.5. The molecule has 0 unspecified atom stereocenters. The molecule has 3 aromatic rings. The number of carbonyl (C=O) groups excluding carboxylic acids is 1. The van der Waals surface area contributed by atoms with Crippen LogP contribution in [0.2, 0.25) is 0 Å². The summed E-state index contributed by atoms with van der Waals surface area (Å²) < 4.78 is 4.95. The third kappa shape index (κ3) is 2.55. The summed E-state index contributed by atoms with van der Waals surface area (Å²) in [4.78, 5) is 16.6. The molecule has 0 bridgehead atoms. The number of hydrogen-bond acceptors (Lipinski definition) is 5. The highest BCUT2D eigenvalue weighted by Crippen LogP contribution is 2.24. The number of amides is 1. The highest BCUT2D eigenvalue weighted by molar-refractivity contribution is 6.09. The molecule has 0 atom stereocenters. The van der Waals surface area contributed by atoms with E-state index in [9.17, 15) is 4.79 Å². The van der Waals surface area contributed by atoms with Gasteiger partial charge in [-0.15, -0.1) is 0 Å². The van der Waals surface area contributed by atoms with Gasteiger partial charge in [0, 0.05) is 24.7 Å². The Balaban J connectivity index is 1.91. The first kappa shape index (κ1) is 13.1. The summed E-state index contributed by atoms with van der Waals surface area (Å²) >= 11 is 0. The molecule has 1 amide bonds. The molecule has 6 heteroatoms. The normalized spacial score (nSPS) is 10.5. The average molecular weight is 282 g/mol. The van der Waals surface area contributed by atoms with Crippen LogP contribution < -0.4 is 10.6 Å². The second kappa shape index (κ2) is 5.62. The van der Waals surface area contributed by atoms with Gasteiger partial charge in [0.2, 0.25) is 0 Å². The summed E-state index contributed by atoms with van der Waals surface area (Å²) in [6.45, 7) is 0.293. The summed E-state index contributed by atoms with van der Waals surface area (Å²) in [6.07, 6.45) is 3.12. The molecule has 2 aromatic heterocycles. The minimum absolute atomic E-state index is 0.197. The van der Waals surface area contributed by atoms with Gasteiger partial charge >= 0.3 is 0 Å². The van der Waals surface area contributed by atoms with Gasteiger partial charge in [0.15, 0.2) is 5.76 Å². The zero-order valence-corrected chi connectivity index (χ0v) is 11.5. The maximum absolute atomic E-state index is 12.3. The van der Waals surface area contributed by atoms with Crippen LogP contribution in [0, 0.1) is 0 Å². The summed E-state index contributed by atoms with van der Waals surface area (Å²) in [5.41, 5.74) is 0.532. The smallest absolute Gasteiger partial charge is 0.253 e. The summed E-state index contributed by atoms with van der Waals surface area (Å²) in [5, 5.41) is 11.2. The van der Waals surface area contributed by atoms with Crippen LogP contribution in [0.15, 0.2) is 47.2 Å². The van der Waals surface area contributed by atoms with Crippen molar-refractivity contribution in [3.8, 4) is 0 Å². The molecule has 106 valence electrons. The highest BCUT2D eigenvalue weighted by Gasteiger charge is 2.13. The number of carbonyl (C=O) groups is 1. The molecule has 0 aliphatic rings. The number of hydrogen-bond donors (Lipinski definition) is 2. The van der Waals surface area contributed by atoms with Crippen molar-refractivity contribution in [2.45, 2.75) is 6.54 Å². The fraction of sp³-hybridized carbons (Fsp3) is 0.133. The lowest BCUT2D eigenvalue weighted by atomic mass is 10.1. The predicted molar refractivity (Wildman–Crippen MR) is 79.0 cm³/mol. The Labute approximate surface area is 121 Å². The molecule has 0 saturated heterocycles. The molecule has 2 heterocycles. The summed E-state index contributed by atoms with van der Waals surface area (Å²) in [5.74, 6) is 1.16. The Bertz CT molecular complexity index is 768. The van der Waals surface area contributed by atoms with Gasteiger partial charge in [0.05, 0.1) is 18.3 Å². The molecule has 2 N–H and O–H groups in total. The molecular formula is C15H14N4O2. The van der Waals surface area contributed by atoms with E-state index in [1.165, 1.54) is 0 Å². The monoisotopic (exact) mass is 282 g/mol. The van der Waals surface area contributed by atoms with Gasteiger partial charge in [-0.2, -0.15) is 0 Å². The maximum Gasteiger partial charge on any atom is 0.253 e. The zero-order chi connectivity index (χ0) is 14.7. The van der Waals surface area contributed by atoms with Crippen LogP contribution in [0.1, 0.15) is 16.1 Å². The lowest BCUT2D eigenvalue weighted by Gasteiger charge is -2.09. The number of pyridine rings is 1. The van der Waals surface area contributed by atoms with Crippen LogP contribution in [0.4, 0.5) is 5.82 Å². The van der Waals surface area contributed by atoms with Crippen LogP contribution in [-0.4, -0.2) is 23.1 Å². The van der Waals surface area contributed by atoms with E-state index in [-0.39, 0.29) is 5.91 Å². The van der Waals surface area contributed by atoms with E-state index in [0.717, 1.165) is 16.6 Å². The lowest BCUT2D eigenvalue weighted by molar-refractivity contribution is 0.0948. The molecule has 0 aliphatic heterocycles. The first-order valence-electron chi connectivity index (χ1n) is 6.53. The standard InChI is InChI=1S/C15H14N4O2/c1-16-14-12-5-3-2-4-11(12)13(9-17-14)15(20)18-8-10-6-7-19-21-10/h2-7,9H,8H2,1H3,(H,16,17)(H,18,20). The SMILES string of the molecule is CNc1ncc(C(=O)NCc2ccno2)c2ccccc12. The van der Waals surface area contributed by atoms with Crippen LogP contribution in [0.25, 0.3) is 10.8 Å². The Kier molecular flexibility index (Phi) is 3.51. The quantitative estimate of drug-likeness (QED) is 0.766. The Morgan fingerprint density at radius 1 is 1.24 bits per heavy atom. The van der Waals surface area contributed by atoms with Crippen LogP contribution in [-0.2, 0) is 6.54 Å². The lowest BCUT2D eigenvalue weighted by Crippen LogP contribution is -2.23. The molecule has 21 heavy (non-hydrogen) atoms. The summed E-state index contributed by atoms with van der Waals surface area (Å²) in [7, 11) is 1.80. The van der Waals surface area contributed by atoms with Gasteiger partial charge in [-0.05, 0) is 5.39 Å². The van der Waals surface area contributed by atoms with Gasteiger partial charge in [0.1, 0.15) is 5.82 Å². The van der Waals surface area contributed by atoms with E-state index in [0.29, 0.717) is 17.9 Å². The van der Waals surface area contributed by atoms with Crippen LogP contribution in [0.3, 0.4) is 0 Å². The van der Waals surface area contributed by atoms with Gasteiger partial charge in [-0.1, -0.05) is 29.4 Å². The highest BCUT2D eigenvalue weighted by atomic mass is 16.5. The van der Waals surface area contributed by atoms with Gasteiger partial charge < -0.3 is 15.2 Å². The molecule has 6 nitrogen and oxygen atoms in total. The van der Waals surface area contributed by atoms with Crippen LogP contribution >= 0.6 is 0 Å². The summed E-state index contributed by atoms with van der Waals surface area (Å²) in [6, 6.07) is 9.36. The van der Waals surface area contributed by atoms with Gasteiger partial charge in [0.25, 0.3) is 5.91 Å². The van der Waals surface area contributed by atoms with E-state index < -0.39 is 0 Å². The number of nitrogens with zero attached hydrogens (tertiary/aromatic N) is 2. The fourth-order valence-electron chi connectivity index (χ4n) is 2.17. The number of benzene rings is 1. The molecular weight excluding hydrogens is 268 g/mol. The van der Waals surface area contributed by atoms with Gasteiger partial charge in [-0.25, -0.2) is 4.98 Å². The minimum Gasteiger partial charge on any atom is -0.373 e. The van der Waals surface area contributed by atoms with Crippen molar-refractivity contribution in [2.24, 2.45) is 0 Å². The average Bonchev–Trinajstić information content (AvgIpc) is 3.05. The van der Waals surface area contributed by atoms with Crippen molar-refractivity contribution >= 4 is 22.5 Å². The number of fused-ring (bicyclic) bond motifs is 1. The predicted octanol–water partition coefficient (Wildman–Crippen LogP) is 2.19. The molecule has 1 aromatic carbocycles. The molecule has 3 rings (SSSR count). The maximum atomic E-state index is 12.3. The topological polar surface area (TPSA) is 80.0 Å². The van der Waals surface area contributed by atoms with Gasteiger partial charge in [-0.3, -0.25) is 4.79 Å². The van der Waals surface area contributed by atoms with E-state index in [4.69, 9.17) is 4.52 Å². The Morgan fingerprint density at radius 2 is 2.05 bits per heavy atom. The second-order valence-corrected chi connectivity index (χ2v) is 4.48. The van der Waals surface area contributed by atoms with E-state index in [2.05, 4.69) is 20.8 Å². The largest absolute Gasteiger partial charge is 0.373 e. The van der Waals surface area contributed by atoms with Crippen molar-refractivity contribution in [1.29, 1.82) is 0 Å². The Morgan fingerprint density at radius 3 is 2.76 bits per heavy atom. The second-order valence-electron chi connectivity index (χ2n) is 4.48. The fourth-order valence-corrected chi connectivity index (χ4v) is 2.17. The van der Waals surface area contributed by atoms with Crippen molar-refractivity contribution in [1.82, 2.24) is 15.5 Å². The van der Waals surface area contributed by atoms with E-state index >= 15 is 0 Å². The van der Waals surface area contributed by atoms with Crippen molar-refractivity contribution in [2.75, 3.05) is 12.4 Å². The Hall–Kier alpha value is -2.89. The van der Waals surface area contributed by atoms with Crippen molar-refractivity contribution < 1.29 is 9.32 Å². The molecule has 0 aliphatic carbocycles. The minimum atomic E-state index is -0.197. The number of rotatable bonds is 4. The van der Waals surface area contributed by atoms with E-state index in [1.807, 2.05) is 24.3 Å². The van der Waals surface area contributed by atoms with Crippen molar-refractivity contribution in [3.05, 3.63) is 54.0 Å². The number of aromatic nitrogens is 2. The molecule has 0 fully saturated rings. The van der Waals surface area contributed by atoms with E-state index in [1.54, 1.807) is 25.5 Å². The number of nitrogens with one attached hydrogen (secondary N) is 2. The first-order chi connectivity index (χ1) is 10.3. The third-order valence-corrected chi connectivity index (χ3v) is 3.19. The first-order valence-corrected chi connectivity index (χ1v) is 6.53. The molecule has 0 radical (unpaired) electrons. The van der Waals surface area contributed by atoms with Crippen molar-refractivity contribution in [3.63, 3.8) is 0 Å². The van der Waals surface area contributed by atoms with Crippen LogP contribution in [0.5, 0.6) is 0 Å². The molecule has 0 spiro atoms.